The van der Waals surface area contributed by atoms with Crippen molar-refractivity contribution in [2.75, 3.05) is 6.54 Å². The molecule has 0 aliphatic carbocycles. The summed E-state index contributed by atoms with van der Waals surface area (Å²) in [6.45, 7) is -0.706. The minimum atomic E-state index is -4.13. The van der Waals surface area contributed by atoms with Crippen molar-refractivity contribution in [3.05, 3.63) is 106 Å². The predicted octanol–water partition coefficient (Wildman–Crippen LogP) is 5.49. The first-order chi connectivity index (χ1) is 13.5. The highest BCUT2D eigenvalue weighted by Crippen LogP contribution is 2.60. The van der Waals surface area contributed by atoms with Crippen LogP contribution >= 0.6 is 7.60 Å². The molecule has 0 aliphatic rings. The summed E-state index contributed by atoms with van der Waals surface area (Å²) in [6.07, 6.45) is 0. The fourth-order valence-corrected chi connectivity index (χ4v) is 4.61. The Morgan fingerprint density at radius 1 is 0.857 bits per heavy atom. The summed E-state index contributed by atoms with van der Waals surface area (Å²) in [7, 11) is -4.13. The van der Waals surface area contributed by atoms with Crippen LogP contribution in [0.2, 0.25) is 0 Å². The first-order valence-corrected chi connectivity index (χ1v) is 10.0. The van der Waals surface area contributed by atoms with Gasteiger partial charge in [0.1, 0.15) is 17.3 Å². The lowest BCUT2D eigenvalue weighted by Crippen LogP contribution is -2.18. The summed E-state index contributed by atoms with van der Waals surface area (Å²) >= 11 is 0. The Morgan fingerprint density at radius 2 is 1.32 bits per heavy atom. The van der Waals surface area contributed by atoms with E-state index in [1.165, 1.54) is 12.1 Å². The maximum absolute atomic E-state index is 13.8. The molecule has 0 fully saturated rings. The van der Waals surface area contributed by atoms with E-state index in [4.69, 9.17) is 9.05 Å². The summed E-state index contributed by atoms with van der Waals surface area (Å²) in [6, 6.07) is 21.5. The van der Waals surface area contributed by atoms with E-state index < -0.39 is 30.5 Å². The Kier molecular flexibility index (Phi) is 6.06. The highest BCUT2D eigenvalue weighted by Gasteiger charge is 2.44. The monoisotopic (exact) mass is 401 g/mol. The summed E-state index contributed by atoms with van der Waals surface area (Å²) in [5, 5.41) is 11.3. The van der Waals surface area contributed by atoms with Gasteiger partial charge in [-0.3, -0.25) is 10.1 Å². The fourth-order valence-electron chi connectivity index (χ4n) is 2.62. The quantitative estimate of drug-likeness (QED) is 0.283. The van der Waals surface area contributed by atoms with E-state index in [1.54, 1.807) is 60.7 Å². The van der Waals surface area contributed by atoms with Crippen LogP contribution in [0.4, 0.5) is 4.39 Å². The molecule has 0 aliphatic heterocycles. The highest BCUT2D eigenvalue weighted by atomic mass is 31.2. The van der Waals surface area contributed by atoms with Crippen molar-refractivity contribution in [3.8, 4) is 11.5 Å². The van der Waals surface area contributed by atoms with Crippen molar-refractivity contribution in [2.24, 2.45) is 0 Å². The van der Waals surface area contributed by atoms with Gasteiger partial charge in [-0.2, -0.15) is 0 Å². The Balaban J connectivity index is 2.06. The van der Waals surface area contributed by atoms with Crippen LogP contribution in [0.3, 0.4) is 0 Å². The van der Waals surface area contributed by atoms with Gasteiger partial charge in [0, 0.05) is 4.92 Å². The zero-order valence-electron chi connectivity index (χ0n) is 14.7. The van der Waals surface area contributed by atoms with E-state index in [0.29, 0.717) is 0 Å². The summed E-state index contributed by atoms with van der Waals surface area (Å²) < 4.78 is 38.5. The van der Waals surface area contributed by atoms with Crippen LogP contribution in [0.15, 0.2) is 84.9 Å². The van der Waals surface area contributed by atoms with E-state index in [-0.39, 0.29) is 17.1 Å². The van der Waals surface area contributed by atoms with Crippen molar-refractivity contribution in [1.29, 1.82) is 0 Å². The summed E-state index contributed by atoms with van der Waals surface area (Å²) in [4.78, 5) is 10.7. The third-order valence-corrected chi connectivity index (χ3v) is 6.07. The number of nitrogens with zero attached hydrogens (tertiary/aromatic N) is 1. The molecule has 0 amide bonds. The van der Waals surface area contributed by atoms with Crippen molar-refractivity contribution in [1.82, 2.24) is 0 Å². The van der Waals surface area contributed by atoms with Crippen LogP contribution in [0.1, 0.15) is 11.2 Å². The van der Waals surface area contributed by atoms with E-state index in [2.05, 4.69) is 0 Å². The van der Waals surface area contributed by atoms with Gasteiger partial charge in [-0.05, 0) is 42.0 Å². The molecule has 0 unspecified atom stereocenters. The zero-order valence-corrected chi connectivity index (χ0v) is 15.6. The number of halogens is 1. The lowest BCUT2D eigenvalue weighted by molar-refractivity contribution is -0.480. The maximum atomic E-state index is 13.8. The molecule has 144 valence electrons. The van der Waals surface area contributed by atoms with Crippen LogP contribution in [-0.2, 0) is 4.57 Å². The molecule has 8 heteroatoms. The van der Waals surface area contributed by atoms with Crippen LogP contribution in [-0.4, -0.2) is 11.5 Å². The molecule has 6 nitrogen and oxygen atoms in total. The molecule has 3 rings (SSSR count). The first-order valence-electron chi connectivity index (χ1n) is 8.42. The molecule has 0 aromatic heterocycles. The molecule has 0 radical (unpaired) electrons. The van der Waals surface area contributed by atoms with E-state index >= 15 is 0 Å². The lowest BCUT2D eigenvalue weighted by atomic mass is 10.1. The number of rotatable bonds is 8. The van der Waals surface area contributed by atoms with Gasteiger partial charge < -0.3 is 9.05 Å². The Labute approximate surface area is 161 Å². The molecular formula is C20H17FNO5P. The van der Waals surface area contributed by atoms with Gasteiger partial charge in [0.2, 0.25) is 6.54 Å². The number of hydrogen-bond donors (Lipinski definition) is 0. The van der Waals surface area contributed by atoms with Gasteiger partial charge in [0.15, 0.2) is 5.66 Å². The smallest absolute Gasteiger partial charge is 0.415 e. The minimum Gasteiger partial charge on any atom is -0.415 e. The molecule has 0 heterocycles. The second-order valence-corrected chi connectivity index (χ2v) is 8.00. The Morgan fingerprint density at radius 3 is 1.75 bits per heavy atom. The SMILES string of the molecule is O=[N+]([O-])C[C@H](c1ccc(F)cc1)P(=O)(Oc1ccccc1)Oc1ccccc1. The molecule has 28 heavy (non-hydrogen) atoms. The topological polar surface area (TPSA) is 78.7 Å². The van der Waals surface area contributed by atoms with Gasteiger partial charge in [0.05, 0.1) is 0 Å². The van der Waals surface area contributed by atoms with Crippen molar-refractivity contribution >= 4 is 7.60 Å². The highest BCUT2D eigenvalue weighted by molar-refractivity contribution is 7.55. The fraction of sp³-hybridized carbons (Fsp3) is 0.100. The second kappa shape index (κ2) is 8.67. The Bertz CT molecular complexity index is 921. The summed E-state index contributed by atoms with van der Waals surface area (Å²) in [5.74, 6) is -0.0131. The van der Waals surface area contributed by atoms with E-state index in [1.807, 2.05) is 0 Å². The number of nitro groups is 1. The van der Waals surface area contributed by atoms with Crippen molar-refractivity contribution < 1.29 is 22.9 Å². The van der Waals surface area contributed by atoms with E-state index in [9.17, 15) is 19.1 Å². The van der Waals surface area contributed by atoms with Gasteiger partial charge in [0.25, 0.3) is 0 Å². The predicted molar refractivity (Wildman–Crippen MR) is 103 cm³/mol. The number of benzene rings is 3. The Hall–Kier alpha value is -3.18. The maximum Gasteiger partial charge on any atom is 0.444 e. The third kappa shape index (κ3) is 4.96. The van der Waals surface area contributed by atoms with Gasteiger partial charge >= 0.3 is 7.60 Å². The van der Waals surface area contributed by atoms with Crippen LogP contribution in [0.5, 0.6) is 11.5 Å². The molecule has 0 spiro atoms. The molecular weight excluding hydrogens is 384 g/mol. The summed E-state index contributed by atoms with van der Waals surface area (Å²) in [5.41, 5.74) is -0.947. The van der Waals surface area contributed by atoms with Crippen molar-refractivity contribution in [2.45, 2.75) is 5.66 Å². The van der Waals surface area contributed by atoms with Gasteiger partial charge in [-0.25, -0.2) is 8.96 Å². The van der Waals surface area contributed by atoms with Crippen LogP contribution in [0, 0.1) is 15.9 Å². The van der Waals surface area contributed by atoms with Crippen LogP contribution < -0.4 is 9.05 Å². The zero-order chi connectivity index (χ0) is 20.0. The molecule has 1 atom stereocenters. The molecule has 0 bridgehead atoms. The molecule has 0 saturated carbocycles. The molecule has 3 aromatic carbocycles. The minimum absolute atomic E-state index is 0.247. The number of hydrogen-bond acceptors (Lipinski definition) is 5. The molecule has 0 N–H and O–H groups in total. The van der Waals surface area contributed by atoms with Gasteiger partial charge in [-0.15, -0.1) is 0 Å². The normalized spacial score (nSPS) is 12.2. The van der Waals surface area contributed by atoms with Crippen molar-refractivity contribution in [3.63, 3.8) is 0 Å². The largest absolute Gasteiger partial charge is 0.444 e. The first kappa shape index (κ1) is 19.6. The number of para-hydroxylation sites is 2. The lowest BCUT2D eigenvalue weighted by Gasteiger charge is -2.25. The molecule has 0 saturated heterocycles. The van der Waals surface area contributed by atoms with E-state index in [0.717, 1.165) is 12.1 Å². The van der Waals surface area contributed by atoms with Gasteiger partial charge in [-0.1, -0.05) is 48.5 Å². The average Bonchev–Trinajstić information content (AvgIpc) is 2.68. The second-order valence-electron chi connectivity index (χ2n) is 5.93. The average molecular weight is 401 g/mol. The van der Waals surface area contributed by atoms with Crippen LogP contribution in [0.25, 0.3) is 0 Å². The third-order valence-electron chi connectivity index (χ3n) is 3.91. The molecule has 3 aromatic rings. The standard InChI is InChI=1S/C20H17FNO5P/c21-17-13-11-16(12-14-17)20(15-22(23)24)28(25,26-18-7-3-1-4-8-18)27-19-9-5-2-6-10-19/h1-14,20H,15H2/t20-/m1/s1.